The van der Waals surface area contributed by atoms with Crippen molar-refractivity contribution in [3.63, 3.8) is 0 Å². The summed E-state index contributed by atoms with van der Waals surface area (Å²) >= 11 is 2.42. The van der Waals surface area contributed by atoms with E-state index in [4.69, 9.17) is 28.4 Å². The van der Waals surface area contributed by atoms with Gasteiger partial charge in [0.1, 0.15) is 0 Å². The number of carbonyl (C=O) groups is 9. The number of esters is 6. The van der Waals surface area contributed by atoms with Crippen LogP contribution in [-0.2, 0) is 91.2 Å². The zero-order valence-corrected chi connectivity index (χ0v) is 37.1. The molecule has 3 heterocycles. The Hall–Kier alpha value is -5.88. The minimum absolute atomic E-state index is 0.0906. The van der Waals surface area contributed by atoms with Crippen LogP contribution in [0, 0.1) is 0 Å². The van der Waals surface area contributed by atoms with Crippen LogP contribution in [0.2, 0.25) is 0 Å². The summed E-state index contributed by atoms with van der Waals surface area (Å²) in [5.41, 5.74) is -0.312. The molecule has 342 valence electrons. The van der Waals surface area contributed by atoms with Crippen LogP contribution in [0.4, 0.5) is 0 Å². The Morgan fingerprint density at radius 2 is 0.651 bits per heavy atom. The molecule has 0 amide bonds. The van der Waals surface area contributed by atoms with Gasteiger partial charge in [-0.2, -0.15) is 0 Å². The van der Waals surface area contributed by atoms with Gasteiger partial charge in [0.25, 0.3) is 17.4 Å². The van der Waals surface area contributed by atoms with E-state index in [0.29, 0.717) is 16.7 Å². The number of thioether (sulfide) groups is 3. The summed E-state index contributed by atoms with van der Waals surface area (Å²) in [6.07, 6.45) is -1.36. The number of nitrogens with one attached hydrogen (secondary N) is 3. The highest BCUT2D eigenvalue weighted by molar-refractivity contribution is 8.03. The van der Waals surface area contributed by atoms with E-state index in [1.54, 1.807) is 18.2 Å². The van der Waals surface area contributed by atoms with Crippen molar-refractivity contribution in [2.24, 2.45) is 0 Å². The van der Waals surface area contributed by atoms with Crippen molar-refractivity contribution in [1.82, 2.24) is 16.0 Å². The SMILES string of the molecule is CC1(C)OC(=O)C(=C(NCc2cc(CNC(SCCC(=O)[O-])=C3C(=O)OC(C)(C)OC3=O)cc(CNC(SCCC(=O)[O-])=C3C(=O)OC(C)(C)OC3=O)c2)SCCC(=O)[O-])C(=O)O1. The van der Waals surface area contributed by atoms with Crippen LogP contribution in [0.1, 0.15) is 77.5 Å². The Kier molecular flexibility index (Phi) is 16.6. The van der Waals surface area contributed by atoms with E-state index in [1.165, 1.54) is 41.5 Å². The van der Waals surface area contributed by atoms with Crippen molar-refractivity contribution >= 4 is 89.0 Å². The normalized spacial score (nSPS) is 17.5. The van der Waals surface area contributed by atoms with Crippen molar-refractivity contribution in [2.75, 3.05) is 17.3 Å². The van der Waals surface area contributed by atoms with E-state index in [-0.39, 0.29) is 52.0 Å². The van der Waals surface area contributed by atoms with Crippen LogP contribution < -0.4 is 31.3 Å². The van der Waals surface area contributed by atoms with E-state index in [2.05, 4.69) is 16.0 Å². The average Bonchev–Trinajstić information content (AvgIpc) is 3.11. The predicted molar refractivity (Wildman–Crippen MR) is 213 cm³/mol. The lowest BCUT2D eigenvalue weighted by atomic mass is 10.0. The summed E-state index contributed by atoms with van der Waals surface area (Å²) < 4.78 is 31.5. The Bertz CT molecular complexity index is 1860. The first-order valence-corrected chi connectivity index (χ1v) is 21.7. The van der Waals surface area contributed by atoms with Gasteiger partial charge in [0, 0.05) is 96.3 Å². The molecule has 0 radical (unpaired) electrons. The quantitative estimate of drug-likeness (QED) is 0.0559. The van der Waals surface area contributed by atoms with Gasteiger partial charge in [-0.15, -0.1) is 35.3 Å². The van der Waals surface area contributed by atoms with Crippen molar-refractivity contribution in [1.29, 1.82) is 0 Å². The summed E-state index contributed by atoms with van der Waals surface area (Å²) in [6, 6.07) is 4.87. The van der Waals surface area contributed by atoms with Gasteiger partial charge in [0.05, 0.1) is 15.1 Å². The second-order valence-electron chi connectivity index (χ2n) is 14.8. The molecule has 3 saturated heterocycles. The fraction of sp³-hybridized carbons (Fsp3) is 0.462. The molecule has 3 aliphatic rings. The first-order valence-electron chi connectivity index (χ1n) is 18.8. The molecule has 0 atom stereocenters. The van der Waals surface area contributed by atoms with Gasteiger partial charge in [-0.1, -0.05) is 18.2 Å². The molecule has 1 aromatic carbocycles. The zero-order valence-electron chi connectivity index (χ0n) is 34.7. The lowest BCUT2D eigenvalue weighted by Crippen LogP contribution is -2.43. The van der Waals surface area contributed by atoms with Gasteiger partial charge in [-0.25, -0.2) is 28.8 Å². The van der Waals surface area contributed by atoms with E-state index >= 15 is 0 Å². The zero-order chi connectivity index (χ0) is 46.9. The molecule has 1 aromatic rings. The molecule has 3 aliphatic heterocycles. The number of carboxylic acids is 3. The molecule has 24 heteroatoms. The molecule has 0 saturated carbocycles. The Morgan fingerprint density at radius 1 is 0.444 bits per heavy atom. The van der Waals surface area contributed by atoms with Crippen LogP contribution in [0.3, 0.4) is 0 Å². The molecular weight excluding hydrogens is 895 g/mol. The van der Waals surface area contributed by atoms with Crippen LogP contribution in [0.15, 0.2) is 50.0 Å². The predicted octanol–water partition coefficient (Wildman–Crippen LogP) is -1.28. The maximum atomic E-state index is 13.0. The lowest BCUT2D eigenvalue weighted by Gasteiger charge is -2.31. The molecule has 0 aliphatic carbocycles. The number of rotatable bonds is 21. The summed E-state index contributed by atoms with van der Waals surface area (Å²) in [7, 11) is 0. The molecule has 3 fully saturated rings. The van der Waals surface area contributed by atoms with E-state index in [1.807, 2.05) is 0 Å². The molecule has 0 spiro atoms. The first-order chi connectivity index (χ1) is 29.3. The van der Waals surface area contributed by atoms with Crippen molar-refractivity contribution in [3.05, 3.63) is 66.7 Å². The third-order valence-corrected chi connectivity index (χ3v) is 11.2. The standard InChI is InChI=1S/C39H45N3O18S3/c1-37(2)55-31(49)25(32(50)56-37)28(61-10-7-22(43)44)40-16-19-13-20(17-41-29(62-11-8-23(45)46)26-33(51)57-38(3,4)58-34(26)52)15-21(14-19)18-42-30(63-12-9-24(47)48)27-35(53)59-39(5,6)60-36(27)54/h13-15,40-42H,7-12,16-18H2,1-6H3,(H,43,44)(H,45,46)(H,47,48)/p-3. The second kappa shape index (κ2) is 21.0. The number of cyclic esters (lactones) is 6. The van der Waals surface area contributed by atoms with Gasteiger partial charge < -0.3 is 74.1 Å². The first kappa shape index (κ1) is 49.8. The molecule has 4 rings (SSSR count). The van der Waals surface area contributed by atoms with Gasteiger partial charge >= 0.3 is 35.8 Å². The number of hydrogen-bond acceptors (Lipinski definition) is 24. The lowest BCUT2D eigenvalue weighted by molar-refractivity contribution is -0.306. The average molecular weight is 937 g/mol. The van der Waals surface area contributed by atoms with Crippen molar-refractivity contribution in [3.8, 4) is 0 Å². The topological polar surface area (TPSA) is 314 Å². The number of benzene rings is 1. The fourth-order valence-corrected chi connectivity index (χ4v) is 8.43. The van der Waals surface area contributed by atoms with Crippen molar-refractivity contribution < 1.29 is 86.9 Å². The van der Waals surface area contributed by atoms with Gasteiger partial charge in [-0.3, -0.25) is 0 Å². The highest BCUT2D eigenvalue weighted by atomic mass is 32.2. The number of aliphatic carboxylic acids is 3. The highest BCUT2D eigenvalue weighted by Crippen LogP contribution is 2.32. The third kappa shape index (κ3) is 14.9. The second-order valence-corrected chi connectivity index (χ2v) is 18.1. The highest BCUT2D eigenvalue weighted by Gasteiger charge is 2.43. The maximum Gasteiger partial charge on any atom is 0.351 e. The number of hydrogen-bond donors (Lipinski definition) is 3. The molecule has 0 unspecified atom stereocenters. The van der Waals surface area contributed by atoms with E-state index in [9.17, 15) is 58.5 Å². The van der Waals surface area contributed by atoms with Crippen LogP contribution >= 0.6 is 35.3 Å². The molecular formula is C39H42N3O18S3-3. The van der Waals surface area contributed by atoms with Crippen molar-refractivity contribution in [2.45, 2.75) is 97.8 Å². The Labute approximate surface area is 372 Å². The molecule has 0 aromatic heterocycles. The van der Waals surface area contributed by atoms with Crippen LogP contribution in [0.25, 0.3) is 0 Å². The summed E-state index contributed by atoms with van der Waals surface area (Å²) in [5.74, 6) is -15.6. The Balaban J connectivity index is 1.76. The summed E-state index contributed by atoms with van der Waals surface area (Å²) in [5, 5.41) is 42.3. The summed E-state index contributed by atoms with van der Waals surface area (Å²) in [6.45, 7) is 7.60. The van der Waals surface area contributed by atoms with Gasteiger partial charge in [0.2, 0.25) is 0 Å². The van der Waals surface area contributed by atoms with E-state index in [0.717, 1.165) is 35.3 Å². The number of carbonyl (C=O) groups excluding carboxylic acids is 9. The van der Waals surface area contributed by atoms with Crippen LogP contribution in [0.5, 0.6) is 0 Å². The van der Waals surface area contributed by atoms with Crippen LogP contribution in [-0.4, -0.2) is 88.3 Å². The van der Waals surface area contributed by atoms with Gasteiger partial charge in [0.15, 0.2) is 16.7 Å². The molecule has 3 N–H and O–H groups in total. The largest absolute Gasteiger partial charge is 0.550 e. The third-order valence-electron chi connectivity index (χ3n) is 8.07. The molecule has 63 heavy (non-hydrogen) atoms. The number of carboxylic acid groups (broad SMARTS) is 3. The monoisotopic (exact) mass is 936 g/mol. The fourth-order valence-electron chi connectivity index (χ4n) is 5.55. The van der Waals surface area contributed by atoms with E-state index < -0.39 is 107 Å². The maximum absolute atomic E-state index is 13.0. The Morgan fingerprint density at radius 3 is 0.841 bits per heavy atom. The molecule has 0 bridgehead atoms. The number of ether oxygens (including phenoxy) is 6. The van der Waals surface area contributed by atoms with Gasteiger partial charge in [-0.05, 0) is 36.0 Å². The summed E-state index contributed by atoms with van der Waals surface area (Å²) in [4.78, 5) is 112. The molecule has 21 nitrogen and oxygen atoms in total. The smallest absolute Gasteiger partial charge is 0.351 e. The minimum Gasteiger partial charge on any atom is -0.550 e. The minimum atomic E-state index is -1.59.